The van der Waals surface area contributed by atoms with E-state index in [4.69, 9.17) is 4.74 Å². The smallest absolute Gasteiger partial charge is 0.0499 e. The molecule has 6 heavy (non-hydrogen) atoms. The van der Waals surface area contributed by atoms with Gasteiger partial charge in [0.2, 0.25) is 0 Å². The summed E-state index contributed by atoms with van der Waals surface area (Å²) in [7, 11) is 2.78. The Morgan fingerprint density at radius 3 is 2.50 bits per heavy atom. The lowest BCUT2D eigenvalue weighted by Crippen LogP contribution is -1.87. The van der Waals surface area contributed by atoms with E-state index in [1.165, 1.54) is 6.16 Å². The van der Waals surface area contributed by atoms with Gasteiger partial charge in [-0.15, -0.1) is 8.58 Å². The Morgan fingerprint density at radius 2 is 2.33 bits per heavy atom. The first-order valence-electron chi connectivity index (χ1n) is 2.05. The average molecular weight is 106 g/mol. The number of hydrogen-bond acceptors (Lipinski definition) is 1. The van der Waals surface area contributed by atoms with Gasteiger partial charge in [0.05, 0.1) is 0 Å². The van der Waals surface area contributed by atoms with E-state index in [1.807, 2.05) is 0 Å². The quantitative estimate of drug-likeness (QED) is 0.384. The van der Waals surface area contributed by atoms with Gasteiger partial charge in [-0.25, -0.2) is 0 Å². The van der Waals surface area contributed by atoms with Crippen LogP contribution in [0.4, 0.5) is 0 Å². The van der Waals surface area contributed by atoms with Gasteiger partial charge in [-0.1, -0.05) is 0 Å². The van der Waals surface area contributed by atoms with Crippen LogP contribution in [0.2, 0.25) is 0 Å². The van der Waals surface area contributed by atoms with E-state index in [-0.39, 0.29) is 0 Å². The highest BCUT2D eigenvalue weighted by molar-refractivity contribution is 7.37. The molecule has 0 rings (SSSR count). The van der Waals surface area contributed by atoms with Crippen molar-refractivity contribution in [2.75, 3.05) is 26.5 Å². The Kier molecular flexibility index (Phi) is 5.74. The first-order valence-corrected chi connectivity index (χ1v) is 3.76. The lowest BCUT2D eigenvalue weighted by molar-refractivity contribution is 0.218. The molecule has 0 heterocycles. The van der Waals surface area contributed by atoms with Gasteiger partial charge in [0, 0.05) is 13.7 Å². The number of methoxy groups -OCH3 is 1. The van der Waals surface area contributed by atoms with E-state index in [9.17, 15) is 0 Å². The normalized spacial score (nSPS) is 11.0. The summed E-state index contributed by atoms with van der Waals surface area (Å²) in [5.74, 6) is 0. The lowest BCUT2D eigenvalue weighted by atomic mass is 10.9. The molecule has 0 saturated heterocycles. The summed E-state index contributed by atoms with van der Waals surface area (Å²) in [6.45, 7) is 3.11. The standard InChI is InChI=1S/C4H11OP/c1-5-3-4-6-2/h6H,3-4H2,1-2H3. The van der Waals surface area contributed by atoms with Gasteiger partial charge in [0.15, 0.2) is 0 Å². The van der Waals surface area contributed by atoms with Gasteiger partial charge in [0.25, 0.3) is 0 Å². The predicted molar refractivity (Wildman–Crippen MR) is 31.0 cm³/mol. The van der Waals surface area contributed by atoms with E-state index in [0.717, 1.165) is 15.2 Å². The fourth-order valence-corrected chi connectivity index (χ4v) is 0.612. The third kappa shape index (κ3) is 4.39. The van der Waals surface area contributed by atoms with Crippen molar-refractivity contribution in [2.45, 2.75) is 0 Å². The van der Waals surface area contributed by atoms with E-state index in [2.05, 4.69) is 6.66 Å². The van der Waals surface area contributed by atoms with E-state index >= 15 is 0 Å². The molecule has 0 fully saturated rings. The minimum absolute atomic E-state index is 0.926. The highest BCUT2D eigenvalue weighted by Gasteiger charge is 1.74. The van der Waals surface area contributed by atoms with Crippen LogP contribution in [-0.2, 0) is 4.74 Å². The average Bonchev–Trinajstić information content (AvgIpc) is 1.61. The third-order valence-electron chi connectivity index (χ3n) is 0.556. The van der Waals surface area contributed by atoms with Gasteiger partial charge in [-0.2, -0.15) is 0 Å². The second-order valence-corrected chi connectivity index (χ2v) is 2.30. The topological polar surface area (TPSA) is 9.23 Å². The van der Waals surface area contributed by atoms with Crippen LogP contribution in [0.5, 0.6) is 0 Å². The monoisotopic (exact) mass is 106 g/mol. The highest BCUT2D eigenvalue weighted by Crippen LogP contribution is 1.98. The summed E-state index contributed by atoms with van der Waals surface area (Å²) in [4.78, 5) is 0. The first kappa shape index (κ1) is 6.39. The van der Waals surface area contributed by atoms with Crippen molar-refractivity contribution in [3.8, 4) is 0 Å². The predicted octanol–water partition coefficient (Wildman–Crippen LogP) is 0.941. The Labute approximate surface area is 40.9 Å². The maximum absolute atomic E-state index is 4.79. The molecule has 2 heteroatoms. The third-order valence-corrected chi connectivity index (χ3v) is 1.26. The fraction of sp³-hybridized carbons (Fsp3) is 1.00. The molecular formula is C4H11OP. The molecular weight excluding hydrogens is 95.0 g/mol. The molecule has 0 bridgehead atoms. The maximum atomic E-state index is 4.79. The molecule has 0 aromatic rings. The summed E-state index contributed by atoms with van der Waals surface area (Å²) >= 11 is 0. The Hall–Kier alpha value is 0.390. The minimum Gasteiger partial charge on any atom is -0.384 e. The van der Waals surface area contributed by atoms with Gasteiger partial charge in [-0.3, -0.25) is 0 Å². The van der Waals surface area contributed by atoms with Crippen LogP contribution in [0.25, 0.3) is 0 Å². The summed E-state index contributed by atoms with van der Waals surface area (Å²) in [5.41, 5.74) is 0. The van der Waals surface area contributed by atoms with Gasteiger partial charge < -0.3 is 4.74 Å². The Bertz CT molecular complexity index is 19.5. The molecule has 0 aliphatic rings. The van der Waals surface area contributed by atoms with Crippen molar-refractivity contribution in [2.24, 2.45) is 0 Å². The molecule has 38 valence electrons. The molecule has 0 spiro atoms. The van der Waals surface area contributed by atoms with E-state index in [1.54, 1.807) is 7.11 Å². The van der Waals surface area contributed by atoms with Gasteiger partial charge in [-0.05, 0) is 12.8 Å². The summed E-state index contributed by atoms with van der Waals surface area (Å²) in [5, 5.41) is 0. The maximum Gasteiger partial charge on any atom is 0.0499 e. The summed E-state index contributed by atoms with van der Waals surface area (Å²) < 4.78 is 4.79. The molecule has 0 saturated carbocycles. The summed E-state index contributed by atoms with van der Waals surface area (Å²) in [6.07, 6.45) is 1.22. The second-order valence-electron chi connectivity index (χ2n) is 1.10. The zero-order chi connectivity index (χ0) is 4.83. The van der Waals surface area contributed by atoms with Crippen LogP contribution in [0, 0.1) is 0 Å². The Morgan fingerprint density at radius 1 is 1.67 bits per heavy atom. The molecule has 0 aliphatic carbocycles. The molecule has 0 aromatic carbocycles. The summed E-state index contributed by atoms with van der Waals surface area (Å²) in [6, 6.07) is 0. The van der Waals surface area contributed by atoms with Crippen LogP contribution in [0.3, 0.4) is 0 Å². The lowest BCUT2D eigenvalue weighted by Gasteiger charge is -1.89. The number of hydrogen-bond donors (Lipinski definition) is 0. The minimum atomic E-state index is 0.926. The molecule has 1 unspecified atom stereocenters. The Balaban J connectivity index is 2.34. The molecule has 0 radical (unpaired) electrons. The zero-order valence-electron chi connectivity index (χ0n) is 4.32. The van der Waals surface area contributed by atoms with Crippen LogP contribution in [-0.4, -0.2) is 26.5 Å². The van der Waals surface area contributed by atoms with E-state index in [0.29, 0.717) is 0 Å². The number of ether oxygens (including phenoxy) is 1. The first-order chi connectivity index (χ1) is 2.91. The van der Waals surface area contributed by atoms with Crippen LogP contribution in [0.15, 0.2) is 0 Å². The van der Waals surface area contributed by atoms with Crippen molar-refractivity contribution < 1.29 is 4.74 Å². The zero-order valence-corrected chi connectivity index (χ0v) is 5.32. The van der Waals surface area contributed by atoms with Crippen molar-refractivity contribution in [1.82, 2.24) is 0 Å². The van der Waals surface area contributed by atoms with Crippen LogP contribution < -0.4 is 0 Å². The molecule has 0 aromatic heterocycles. The van der Waals surface area contributed by atoms with Gasteiger partial charge >= 0.3 is 0 Å². The molecule has 1 atom stereocenters. The van der Waals surface area contributed by atoms with Crippen molar-refractivity contribution in [3.05, 3.63) is 0 Å². The van der Waals surface area contributed by atoms with Crippen molar-refractivity contribution in [3.63, 3.8) is 0 Å². The van der Waals surface area contributed by atoms with Crippen LogP contribution >= 0.6 is 8.58 Å². The van der Waals surface area contributed by atoms with Crippen molar-refractivity contribution >= 4 is 8.58 Å². The second kappa shape index (κ2) is 5.39. The molecule has 0 N–H and O–H groups in total. The highest BCUT2D eigenvalue weighted by atomic mass is 31.1. The van der Waals surface area contributed by atoms with Gasteiger partial charge in [0.1, 0.15) is 0 Å². The molecule has 1 nitrogen and oxygen atoms in total. The SMILES string of the molecule is COCCPC. The molecule has 0 amide bonds. The molecule has 0 aliphatic heterocycles. The number of rotatable bonds is 3. The van der Waals surface area contributed by atoms with Crippen LogP contribution in [0.1, 0.15) is 0 Å². The fourth-order valence-electron chi connectivity index (χ4n) is 0.204. The largest absolute Gasteiger partial charge is 0.384 e. The van der Waals surface area contributed by atoms with Crippen molar-refractivity contribution in [1.29, 1.82) is 0 Å². The van der Waals surface area contributed by atoms with E-state index < -0.39 is 0 Å².